The number of hydrogen-bond donors (Lipinski definition) is 1. The Morgan fingerprint density at radius 3 is 2.44 bits per heavy atom. The molecule has 1 heterocycles. The van der Waals surface area contributed by atoms with Crippen LogP contribution in [0.25, 0.3) is 11.5 Å². The second-order valence-electron chi connectivity index (χ2n) is 5.58. The lowest BCUT2D eigenvalue weighted by Gasteiger charge is -2.08. The number of aryl methyl sites for hydroxylation is 2. The van der Waals surface area contributed by atoms with Crippen molar-refractivity contribution in [1.29, 1.82) is 0 Å². The highest BCUT2D eigenvalue weighted by molar-refractivity contribution is 5.91. The monoisotopic (exact) mass is 337 g/mol. The van der Waals surface area contributed by atoms with Crippen LogP contribution in [0.3, 0.4) is 0 Å². The summed E-state index contributed by atoms with van der Waals surface area (Å²) in [5.74, 6) is 1.46. The standard InChI is InChI=1S/C19H19N3O3/c1-3-18-21-22-19(25-18)14-6-10-16(11-7-14)24-12-17(23)20-15-8-4-13(2)5-9-15/h4-11H,3,12H2,1-2H3,(H,20,23). The Bertz CT molecular complexity index is 839. The number of nitrogens with zero attached hydrogens (tertiary/aromatic N) is 2. The van der Waals surface area contributed by atoms with Gasteiger partial charge >= 0.3 is 0 Å². The first-order valence-corrected chi connectivity index (χ1v) is 8.06. The topological polar surface area (TPSA) is 77.2 Å². The fourth-order valence-electron chi connectivity index (χ4n) is 2.19. The van der Waals surface area contributed by atoms with Gasteiger partial charge in [0.1, 0.15) is 5.75 Å². The van der Waals surface area contributed by atoms with Crippen LogP contribution < -0.4 is 10.1 Å². The number of anilines is 1. The molecule has 1 N–H and O–H groups in total. The molecule has 0 fully saturated rings. The molecule has 25 heavy (non-hydrogen) atoms. The Balaban J connectivity index is 1.54. The van der Waals surface area contributed by atoms with E-state index in [0.717, 1.165) is 16.8 Å². The number of rotatable bonds is 6. The molecule has 0 saturated heterocycles. The zero-order valence-corrected chi connectivity index (χ0v) is 14.2. The normalized spacial score (nSPS) is 10.5. The molecule has 1 amide bonds. The number of carbonyl (C=O) groups excluding carboxylic acids is 1. The Hall–Kier alpha value is -3.15. The van der Waals surface area contributed by atoms with Gasteiger partial charge in [-0.15, -0.1) is 10.2 Å². The highest BCUT2D eigenvalue weighted by Crippen LogP contribution is 2.21. The molecule has 0 atom stereocenters. The minimum Gasteiger partial charge on any atom is -0.484 e. The number of carbonyl (C=O) groups is 1. The van der Waals surface area contributed by atoms with E-state index in [9.17, 15) is 4.79 Å². The Kier molecular flexibility index (Phi) is 5.09. The zero-order chi connectivity index (χ0) is 17.6. The molecule has 6 nitrogen and oxygen atoms in total. The number of ether oxygens (including phenoxy) is 1. The van der Waals surface area contributed by atoms with Gasteiger partial charge in [-0.3, -0.25) is 4.79 Å². The van der Waals surface area contributed by atoms with Gasteiger partial charge in [0, 0.05) is 17.7 Å². The number of aromatic nitrogens is 2. The molecule has 2 aromatic carbocycles. The molecule has 6 heteroatoms. The van der Waals surface area contributed by atoms with Crippen LogP contribution in [0.1, 0.15) is 18.4 Å². The smallest absolute Gasteiger partial charge is 0.262 e. The second-order valence-corrected chi connectivity index (χ2v) is 5.58. The molecule has 0 radical (unpaired) electrons. The maximum Gasteiger partial charge on any atom is 0.262 e. The third-order valence-electron chi connectivity index (χ3n) is 3.58. The van der Waals surface area contributed by atoms with E-state index < -0.39 is 0 Å². The summed E-state index contributed by atoms with van der Waals surface area (Å²) in [5, 5.41) is 10.7. The van der Waals surface area contributed by atoms with E-state index >= 15 is 0 Å². The van der Waals surface area contributed by atoms with Crippen molar-refractivity contribution < 1.29 is 13.9 Å². The molecule has 0 bridgehead atoms. The highest BCUT2D eigenvalue weighted by Gasteiger charge is 2.08. The number of amides is 1. The fourth-order valence-corrected chi connectivity index (χ4v) is 2.19. The van der Waals surface area contributed by atoms with E-state index in [2.05, 4.69) is 15.5 Å². The van der Waals surface area contributed by atoms with Crippen LogP contribution in [0.5, 0.6) is 5.75 Å². The van der Waals surface area contributed by atoms with Crippen molar-refractivity contribution in [2.24, 2.45) is 0 Å². The molecule has 1 aromatic heterocycles. The van der Waals surface area contributed by atoms with E-state index in [1.807, 2.05) is 50.2 Å². The van der Waals surface area contributed by atoms with Crippen LogP contribution in [0, 0.1) is 6.92 Å². The molecule has 3 aromatic rings. The predicted molar refractivity (Wildman–Crippen MR) is 94.4 cm³/mol. The van der Waals surface area contributed by atoms with Crippen LogP contribution in [0.15, 0.2) is 52.9 Å². The van der Waals surface area contributed by atoms with E-state index in [1.165, 1.54) is 0 Å². The van der Waals surface area contributed by atoms with Crippen molar-refractivity contribution in [3.63, 3.8) is 0 Å². The molecular formula is C19H19N3O3. The molecule has 0 aliphatic rings. The third-order valence-corrected chi connectivity index (χ3v) is 3.58. The molecular weight excluding hydrogens is 318 g/mol. The minimum atomic E-state index is -0.211. The highest BCUT2D eigenvalue weighted by atomic mass is 16.5. The third kappa shape index (κ3) is 4.44. The summed E-state index contributed by atoms with van der Waals surface area (Å²) in [4.78, 5) is 11.9. The summed E-state index contributed by atoms with van der Waals surface area (Å²) >= 11 is 0. The van der Waals surface area contributed by atoms with Crippen LogP contribution in [0.4, 0.5) is 5.69 Å². The number of nitrogens with one attached hydrogen (secondary N) is 1. The second kappa shape index (κ2) is 7.61. The van der Waals surface area contributed by atoms with Gasteiger partial charge in [-0.25, -0.2) is 0 Å². The summed E-state index contributed by atoms with van der Waals surface area (Å²) in [6, 6.07) is 14.8. The van der Waals surface area contributed by atoms with Gasteiger partial charge in [-0.05, 0) is 43.3 Å². The molecule has 0 spiro atoms. The molecule has 0 saturated carbocycles. The summed E-state index contributed by atoms with van der Waals surface area (Å²) in [7, 11) is 0. The van der Waals surface area contributed by atoms with Gasteiger partial charge in [0.05, 0.1) is 0 Å². The van der Waals surface area contributed by atoms with Gasteiger partial charge in [0.25, 0.3) is 5.91 Å². The van der Waals surface area contributed by atoms with Crippen LogP contribution >= 0.6 is 0 Å². The SMILES string of the molecule is CCc1nnc(-c2ccc(OCC(=O)Nc3ccc(C)cc3)cc2)o1. The summed E-state index contributed by atoms with van der Waals surface area (Å²) in [5.41, 5.74) is 2.70. The maximum absolute atomic E-state index is 11.9. The average Bonchev–Trinajstić information content (AvgIpc) is 3.12. The van der Waals surface area contributed by atoms with E-state index in [0.29, 0.717) is 24.0 Å². The summed E-state index contributed by atoms with van der Waals surface area (Å²) < 4.78 is 11.0. The van der Waals surface area contributed by atoms with E-state index in [1.54, 1.807) is 12.1 Å². The van der Waals surface area contributed by atoms with Crippen molar-refractivity contribution in [3.8, 4) is 17.2 Å². The Labute approximate surface area is 145 Å². The number of hydrogen-bond acceptors (Lipinski definition) is 5. The lowest BCUT2D eigenvalue weighted by Crippen LogP contribution is -2.20. The van der Waals surface area contributed by atoms with Gasteiger partial charge in [-0.1, -0.05) is 24.6 Å². The van der Waals surface area contributed by atoms with Crippen molar-refractivity contribution >= 4 is 11.6 Å². The molecule has 0 aliphatic carbocycles. The average molecular weight is 337 g/mol. The first kappa shape index (κ1) is 16.7. The molecule has 0 aliphatic heterocycles. The van der Waals surface area contributed by atoms with Gasteiger partial charge in [0.2, 0.25) is 11.8 Å². The first-order valence-electron chi connectivity index (χ1n) is 8.06. The van der Waals surface area contributed by atoms with Crippen molar-refractivity contribution in [1.82, 2.24) is 10.2 Å². The van der Waals surface area contributed by atoms with Crippen LogP contribution in [0.2, 0.25) is 0 Å². The van der Waals surface area contributed by atoms with Crippen LogP contribution in [-0.4, -0.2) is 22.7 Å². The Morgan fingerprint density at radius 2 is 1.80 bits per heavy atom. The van der Waals surface area contributed by atoms with Gasteiger partial charge < -0.3 is 14.5 Å². The lowest BCUT2D eigenvalue weighted by atomic mass is 10.2. The largest absolute Gasteiger partial charge is 0.484 e. The van der Waals surface area contributed by atoms with Gasteiger partial charge in [0.15, 0.2) is 6.61 Å². The van der Waals surface area contributed by atoms with Crippen molar-refractivity contribution in [2.45, 2.75) is 20.3 Å². The summed E-state index contributed by atoms with van der Waals surface area (Å²) in [6.45, 7) is 3.89. The molecule has 3 rings (SSSR count). The van der Waals surface area contributed by atoms with E-state index in [-0.39, 0.29) is 12.5 Å². The van der Waals surface area contributed by atoms with E-state index in [4.69, 9.17) is 9.15 Å². The maximum atomic E-state index is 11.9. The van der Waals surface area contributed by atoms with Crippen molar-refractivity contribution in [3.05, 3.63) is 60.0 Å². The number of benzene rings is 2. The van der Waals surface area contributed by atoms with Crippen molar-refractivity contribution in [2.75, 3.05) is 11.9 Å². The first-order chi connectivity index (χ1) is 12.1. The fraction of sp³-hybridized carbons (Fsp3) is 0.211. The minimum absolute atomic E-state index is 0.0617. The predicted octanol–water partition coefficient (Wildman–Crippen LogP) is 3.62. The van der Waals surface area contributed by atoms with Gasteiger partial charge in [-0.2, -0.15) is 0 Å². The molecule has 128 valence electrons. The van der Waals surface area contributed by atoms with Crippen LogP contribution in [-0.2, 0) is 11.2 Å². The summed E-state index contributed by atoms with van der Waals surface area (Å²) in [6.07, 6.45) is 0.699. The quantitative estimate of drug-likeness (QED) is 0.743. The Morgan fingerprint density at radius 1 is 1.08 bits per heavy atom. The molecule has 0 unspecified atom stereocenters. The lowest BCUT2D eigenvalue weighted by molar-refractivity contribution is -0.118. The zero-order valence-electron chi connectivity index (χ0n) is 14.2.